The molecule has 0 bridgehead atoms. The number of carbonyl (C=O) groups excluding carboxylic acids is 3. The summed E-state index contributed by atoms with van der Waals surface area (Å²) in [6.45, 7) is 5.50. The molecule has 1 rings (SSSR count). The van der Waals surface area contributed by atoms with Crippen molar-refractivity contribution in [3.05, 3.63) is 0 Å². The van der Waals surface area contributed by atoms with Crippen molar-refractivity contribution in [2.45, 2.75) is 52.4 Å². The molecule has 0 saturated carbocycles. The molecule has 0 aromatic rings. The predicted molar refractivity (Wildman–Crippen MR) is 85.3 cm³/mol. The number of nitrogens with zero attached hydrogens (tertiary/aromatic N) is 2. The molecular weight excluding hydrogens is 282 g/mol. The maximum atomic E-state index is 11.8. The zero-order chi connectivity index (χ0) is 16.5. The lowest BCUT2D eigenvalue weighted by Gasteiger charge is -2.16. The van der Waals surface area contributed by atoms with E-state index >= 15 is 0 Å². The molecule has 4 amide bonds. The van der Waals surface area contributed by atoms with E-state index in [1.807, 2.05) is 0 Å². The second-order valence-corrected chi connectivity index (χ2v) is 6.01. The van der Waals surface area contributed by atoms with Gasteiger partial charge in [0.1, 0.15) is 6.54 Å². The Morgan fingerprint density at radius 3 is 2.55 bits per heavy atom. The maximum Gasteiger partial charge on any atom is 0.326 e. The second kappa shape index (κ2) is 9.43. The summed E-state index contributed by atoms with van der Waals surface area (Å²) in [5, 5.41) is 2.96. The molecule has 0 spiro atoms. The summed E-state index contributed by atoms with van der Waals surface area (Å²) in [5.41, 5.74) is 0. The number of rotatable bonds is 10. The van der Waals surface area contributed by atoms with Crippen molar-refractivity contribution in [2.24, 2.45) is 5.92 Å². The molecule has 0 radical (unpaired) electrons. The van der Waals surface area contributed by atoms with Gasteiger partial charge in [-0.15, -0.1) is 0 Å². The first-order valence-corrected chi connectivity index (χ1v) is 8.31. The molecule has 1 aliphatic heterocycles. The molecule has 22 heavy (non-hydrogen) atoms. The molecule has 1 unspecified atom stereocenters. The van der Waals surface area contributed by atoms with Gasteiger partial charge in [-0.3, -0.25) is 14.5 Å². The number of hydrogen-bond acceptors (Lipinski definition) is 3. The fourth-order valence-corrected chi connectivity index (χ4v) is 2.58. The monoisotopic (exact) mass is 311 g/mol. The van der Waals surface area contributed by atoms with Gasteiger partial charge in [0.25, 0.3) is 0 Å². The van der Waals surface area contributed by atoms with Crippen LogP contribution in [0.3, 0.4) is 0 Å². The Morgan fingerprint density at radius 2 is 2.00 bits per heavy atom. The summed E-state index contributed by atoms with van der Waals surface area (Å²) >= 11 is 0. The predicted octanol–water partition coefficient (Wildman–Crippen LogP) is 1.99. The number of amides is 4. The van der Waals surface area contributed by atoms with Gasteiger partial charge in [-0.25, -0.2) is 4.79 Å². The standard InChI is InChI=1S/C16H29N3O3/c1-4-6-8-13(5-2)11-17-14(20)9-7-10-19-15(21)12-18(3)16(19)22/h13H,4-12H2,1-3H3,(H,17,20). The average molecular weight is 311 g/mol. The fourth-order valence-electron chi connectivity index (χ4n) is 2.58. The van der Waals surface area contributed by atoms with Crippen LogP contribution in [0.2, 0.25) is 0 Å². The molecular formula is C16H29N3O3. The first-order chi connectivity index (χ1) is 10.5. The molecule has 1 fully saturated rings. The molecule has 1 N–H and O–H groups in total. The maximum absolute atomic E-state index is 11.8. The second-order valence-electron chi connectivity index (χ2n) is 6.01. The number of nitrogens with one attached hydrogen (secondary N) is 1. The van der Waals surface area contributed by atoms with Gasteiger partial charge in [0, 0.05) is 26.6 Å². The molecule has 1 aliphatic rings. The Hall–Kier alpha value is -1.59. The Balaban J connectivity index is 2.20. The van der Waals surface area contributed by atoms with Gasteiger partial charge in [0.05, 0.1) is 0 Å². The summed E-state index contributed by atoms with van der Waals surface area (Å²) < 4.78 is 0. The van der Waals surface area contributed by atoms with E-state index in [0.29, 0.717) is 25.3 Å². The average Bonchev–Trinajstić information content (AvgIpc) is 2.73. The van der Waals surface area contributed by atoms with Crippen molar-refractivity contribution in [1.29, 1.82) is 0 Å². The van der Waals surface area contributed by atoms with E-state index in [9.17, 15) is 14.4 Å². The first-order valence-electron chi connectivity index (χ1n) is 8.31. The third-order valence-corrected chi connectivity index (χ3v) is 4.15. The van der Waals surface area contributed by atoms with E-state index in [1.54, 1.807) is 7.05 Å². The van der Waals surface area contributed by atoms with Crippen molar-refractivity contribution < 1.29 is 14.4 Å². The molecule has 126 valence electrons. The zero-order valence-electron chi connectivity index (χ0n) is 14.1. The van der Waals surface area contributed by atoms with Crippen LogP contribution in [0.1, 0.15) is 52.4 Å². The van der Waals surface area contributed by atoms with Crippen LogP contribution < -0.4 is 5.32 Å². The van der Waals surface area contributed by atoms with Crippen molar-refractivity contribution in [2.75, 3.05) is 26.7 Å². The van der Waals surface area contributed by atoms with Crippen LogP contribution in [-0.2, 0) is 9.59 Å². The van der Waals surface area contributed by atoms with E-state index in [0.717, 1.165) is 19.4 Å². The Bertz CT molecular complexity index is 398. The molecule has 0 aromatic heterocycles. The third kappa shape index (κ3) is 5.66. The smallest absolute Gasteiger partial charge is 0.326 e. The quantitative estimate of drug-likeness (QED) is 0.627. The molecule has 0 aromatic carbocycles. The van der Waals surface area contributed by atoms with Crippen molar-refractivity contribution in [3.63, 3.8) is 0 Å². The fraction of sp³-hybridized carbons (Fsp3) is 0.812. The highest BCUT2D eigenvalue weighted by Gasteiger charge is 2.32. The molecule has 1 saturated heterocycles. The first kappa shape index (κ1) is 18.5. The van der Waals surface area contributed by atoms with Gasteiger partial charge in [0.2, 0.25) is 11.8 Å². The lowest BCUT2D eigenvalue weighted by atomic mass is 9.99. The van der Waals surface area contributed by atoms with Gasteiger partial charge in [0.15, 0.2) is 0 Å². The topological polar surface area (TPSA) is 69.7 Å². The van der Waals surface area contributed by atoms with E-state index in [1.165, 1.54) is 22.6 Å². The summed E-state index contributed by atoms with van der Waals surface area (Å²) in [6, 6.07) is -0.268. The molecule has 6 nitrogen and oxygen atoms in total. The van der Waals surface area contributed by atoms with Crippen LogP contribution in [-0.4, -0.2) is 54.3 Å². The molecule has 1 heterocycles. The minimum Gasteiger partial charge on any atom is -0.356 e. The van der Waals surface area contributed by atoms with Crippen LogP contribution >= 0.6 is 0 Å². The normalized spacial score (nSPS) is 16.3. The number of unbranched alkanes of at least 4 members (excludes halogenated alkanes) is 1. The SMILES string of the molecule is CCCCC(CC)CNC(=O)CCCN1C(=O)CN(C)C1=O. The van der Waals surface area contributed by atoms with Crippen LogP contribution in [0.15, 0.2) is 0 Å². The highest BCUT2D eigenvalue weighted by molar-refractivity contribution is 6.01. The molecule has 6 heteroatoms. The summed E-state index contributed by atoms with van der Waals surface area (Å²) in [5.74, 6) is 0.361. The van der Waals surface area contributed by atoms with Crippen LogP contribution in [0.25, 0.3) is 0 Å². The minimum atomic E-state index is -0.268. The molecule has 0 aliphatic carbocycles. The van der Waals surface area contributed by atoms with Crippen molar-refractivity contribution in [3.8, 4) is 0 Å². The number of hydrogen-bond donors (Lipinski definition) is 1. The lowest BCUT2D eigenvalue weighted by molar-refractivity contribution is -0.126. The van der Waals surface area contributed by atoms with Gasteiger partial charge < -0.3 is 10.2 Å². The summed E-state index contributed by atoms with van der Waals surface area (Å²) in [6.07, 6.45) is 5.46. The van der Waals surface area contributed by atoms with Crippen molar-refractivity contribution >= 4 is 17.8 Å². The number of urea groups is 1. The van der Waals surface area contributed by atoms with Crippen LogP contribution in [0.4, 0.5) is 4.79 Å². The van der Waals surface area contributed by atoms with E-state index in [-0.39, 0.29) is 24.4 Å². The zero-order valence-corrected chi connectivity index (χ0v) is 14.1. The number of imide groups is 1. The number of carbonyl (C=O) groups is 3. The largest absolute Gasteiger partial charge is 0.356 e. The van der Waals surface area contributed by atoms with Gasteiger partial charge in [-0.05, 0) is 18.8 Å². The summed E-state index contributed by atoms with van der Waals surface area (Å²) in [7, 11) is 1.61. The van der Waals surface area contributed by atoms with E-state index in [2.05, 4.69) is 19.2 Å². The summed E-state index contributed by atoms with van der Waals surface area (Å²) in [4.78, 5) is 37.7. The lowest BCUT2D eigenvalue weighted by Crippen LogP contribution is -2.34. The van der Waals surface area contributed by atoms with Crippen LogP contribution in [0, 0.1) is 5.92 Å². The van der Waals surface area contributed by atoms with E-state index < -0.39 is 0 Å². The Kier molecular flexibility index (Phi) is 7.91. The Morgan fingerprint density at radius 1 is 1.27 bits per heavy atom. The highest BCUT2D eigenvalue weighted by atomic mass is 16.2. The van der Waals surface area contributed by atoms with Gasteiger partial charge in [-0.1, -0.05) is 33.1 Å². The van der Waals surface area contributed by atoms with Gasteiger partial charge in [-0.2, -0.15) is 0 Å². The highest BCUT2D eigenvalue weighted by Crippen LogP contribution is 2.12. The third-order valence-electron chi connectivity index (χ3n) is 4.15. The number of likely N-dealkylation sites (N-methyl/N-ethyl adjacent to an activating group) is 1. The molecule has 1 atom stereocenters. The van der Waals surface area contributed by atoms with Gasteiger partial charge >= 0.3 is 6.03 Å². The minimum absolute atomic E-state index is 0.00222. The van der Waals surface area contributed by atoms with E-state index in [4.69, 9.17) is 0 Å². The van der Waals surface area contributed by atoms with Crippen LogP contribution in [0.5, 0.6) is 0 Å². The van der Waals surface area contributed by atoms with Crippen molar-refractivity contribution in [1.82, 2.24) is 15.1 Å². The Labute approximate surface area is 133 Å².